The molecule has 3 rings (SSSR count). The van der Waals surface area contributed by atoms with Crippen LogP contribution in [0.4, 0.5) is 0 Å². The summed E-state index contributed by atoms with van der Waals surface area (Å²) in [5, 5.41) is 20.6. The summed E-state index contributed by atoms with van der Waals surface area (Å²) in [6.07, 6.45) is 5.79. The van der Waals surface area contributed by atoms with Gasteiger partial charge in [0.05, 0.1) is 5.75 Å². The first-order chi connectivity index (χ1) is 11.2. The van der Waals surface area contributed by atoms with Crippen LogP contribution >= 0.6 is 11.8 Å². The molecule has 1 fully saturated rings. The summed E-state index contributed by atoms with van der Waals surface area (Å²) in [4.78, 5) is 11.9. The number of hydrogen-bond donors (Lipinski definition) is 2. The minimum Gasteiger partial charge on any atom is -0.508 e. The van der Waals surface area contributed by atoms with Crippen LogP contribution in [0.5, 0.6) is 5.75 Å². The van der Waals surface area contributed by atoms with Crippen molar-refractivity contribution in [3.05, 3.63) is 24.3 Å². The lowest BCUT2D eigenvalue weighted by Gasteiger charge is -2.22. The van der Waals surface area contributed by atoms with Gasteiger partial charge in [0.15, 0.2) is 0 Å². The van der Waals surface area contributed by atoms with E-state index in [0.29, 0.717) is 17.2 Å². The van der Waals surface area contributed by atoms with Gasteiger partial charge in [-0.15, -0.1) is 10.2 Å². The maximum Gasteiger partial charge on any atom is 0.277 e. The molecule has 1 aliphatic rings. The number of thioether (sulfide) groups is 1. The smallest absolute Gasteiger partial charge is 0.277 e. The van der Waals surface area contributed by atoms with Crippen LogP contribution in [0.15, 0.2) is 33.9 Å². The molecule has 0 saturated heterocycles. The normalized spacial score (nSPS) is 15.5. The van der Waals surface area contributed by atoms with Crippen LogP contribution in [0, 0.1) is 0 Å². The molecule has 1 aromatic carbocycles. The zero-order chi connectivity index (χ0) is 16.1. The molecule has 1 aliphatic carbocycles. The van der Waals surface area contributed by atoms with Gasteiger partial charge in [0.2, 0.25) is 11.8 Å². The second-order valence-corrected chi connectivity index (χ2v) is 6.54. The molecule has 0 unspecified atom stereocenters. The maximum absolute atomic E-state index is 11.9. The van der Waals surface area contributed by atoms with E-state index in [9.17, 15) is 9.90 Å². The highest BCUT2D eigenvalue weighted by Gasteiger charge is 2.17. The first-order valence-corrected chi connectivity index (χ1v) is 8.74. The van der Waals surface area contributed by atoms with E-state index in [1.807, 2.05) is 0 Å². The van der Waals surface area contributed by atoms with Crippen molar-refractivity contribution in [3.63, 3.8) is 0 Å². The summed E-state index contributed by atoms with van der Waals surface area (Å²) in [5.41, 5.74) is 0.730. The van der Waals surface area contributed by atoms with Crippen molar-refractivity contribution >= 4 is 17.7 Å². The average Bonchev–Trinajstić information content (AvgIpc) is 3.04. The number of carbonyl (C=O) groups excluding carboxylic acids is 1. The van der Waals surface area contributed by atoms with Gasteiger partial charge in [0.1, 0.15) is 5.75 Å². The second-order valence-electron chi connectivity index (χ2n) is 5.61. The minimum atomic E-state index is 0.00582. The third-order valence-electron chi connectivity index (χ3n) is 3.82. The lowest BCUT2D eigenvalue weighted by Crippen LogP contribution is -2.37. The molecule has 0 bridgehead atoms. The first-order valence-electron chi connectivity index (χ1n) is 7.76. The zero-order valence-corrected chi connectivity index (χ0v) is 13.5. The quantitative estimate of drug-likeness (QED) is 0.818. The van der Waals surface area contributed by atoms with E-state index in [2.05, 4.69) is 15.5 Å². The van der Waals surface area contributed by atoms with Crippen molar-refractivity contribution in [1.82, 2.24) is 15.5 Å². The molecule has 0 spiro atoms. The van der Waals surface area contributed by atoms with Gasteiger partial charge < -0.3 is 14.8 Å². The summed E-state index contributed by atoms with van der Waals surface area (Å²) in [6.45, 7) is 0. The van der Waals surface area contributed by atoms with Crippen molar-refractivity contribution < 1.29 is 14.3 Å². The highest BCUT2D eigenvalue weighted by molar-refractivity contribution is 7.99. The number of benzene rings is 1. The monoisotopic (exact) mass is 333 g/mol. The van der Waals surface area contributed by atoms with Crippen LogP contribution in [-0.2, 0) is 4.79 Å². The molecule has 7 heteroatoms. The molecule has 0 atom stereocenters. The predicted molar refractivity (Wildman–Crippen MR) is 87.1 cm³/mol. The third-order valence-corrected chi connectivity index (χ3v) is 4.64. The van der Waals surface area contributed by atoms with E-state index in [1.165, 1.54) is 31.0 Å². The lowest BCUT2D eigenvalue weighted by molar-refractivity contribution is -0.119. The Bertz CT molecular complexity index is 651. The van der Waals surface area contributed by atoms with Crippen LogP contribution in [0.2, 0.25) is 0 Å². The largest absolute Gasteiger partial charge is 0.508 e. The number of nitrogens with one attached hydrogen (secondary N) is 1. The van der Waals surface area contributed by atoms with Gasteiger partial charge in [-0.3, -0.25) is 4.79 Å². The third kappa shape index (κ3) is 4.48. The molecular weight excluding hydrogens is 314 g/mol. The van der Waals surface area contributed by atoms with E-state index in [1.54, 1.807) is 24.3 Å². The Kier molecular flexibility index (Phi) is 5.17. The van der Waals surface area contributed by atoms with Crippen molar-refractivity contribution in [1.29, 1.82) is 0 Å². The standard InChI is InChI=1S/C16H19N3O3S/c20-13-8-6-11(7-9-13)15-18-19-16(22-15)23-10-14(21)17-12-4-2-1-3-5-12/h6-9,12,20H,1-5,10H2,(H,17,21). The molecule has 6 nitrogen and oxygen atoms in total. The lowest BCUT2D eigenvalue weighted by atomic mass is 9.95. The second kappa shape index (κ2) is 7.50. The predicted octanol–water partition coefficient (Wildman–Crippen LogP) is 2.98. The number of rotatable bonds is 5. The van der Waals surface area contributed by atoms with Crippen LogP contribution < -0.4 is 5.32 Å². The molecule has 0 aliphatic heterocycles. The number of phenolic OH excluding ortho intramolecular Hbond substituents is 1. The molecule has 1 heterocycles. The highest BCUT2D eigenvalue weighted by atomic mass is 32.2. The topological polar surface area (TPSA) is 88.2 Å². The molecule has 122 valence electrons. The number of aromatic hydroxyl groups is 1. The molecule has 0 radical (unpaired) electrons. The summed E-state index contributed by atoms with van der Waals surface area (Å²) in [6, 6.07) is 6.83. The number of phenols is 1. The van der Waals surface area contributed by atoms with Gasteiger partial charge in [-0.25, -0.2) is 0 Å². The van der Waals surface area contributed by atoms with Crippen molar-refractivity contribution in [2.24, 2.45) is 0 Å². The molecule has 1 amide bonds. The Morgan fingerprint density at radius 3 is 2.70 bits per heavy atom. The molecule has 2 N–H and O–H groups in total. The van der Waals surface area contributed by atoms with Gasteiger partial charge in [-0.2, -0.15) is 0 Å². The van der Waals surface area contributed by atoms with Crippen LogP contribution in [0.25, 0.3) is 11.5 Å². The van der Waals surface area contributed by atoms with E-state index in [0.717, 1.165) is 18.4 Å². The molecular formula is C16H19N3O3S. The Balaban J connectivity index is 1.50. The summed E-state index contributed by atoms with van der Waals surface area (Å²) >= 11 is 1.23. The highest BCUT2D eigenvalue weighted by Crippen LogP contribution is 2.24. The molecule has 23 heavy (non-hydrogen) atoms. The van der Waals surface area contributed by atoms with Crippen LogP contribution in [-0.4, -0.2) is 33.0 Å². The fraction of sp³-hybridized carbons (Fsp3) is 0.438. The van der Waals surface area contributed by atoms with E-state index < -0.39 is 0 Å². The van der Waals surface area contributed by atoms with Crippen LogP contribution in [0.1, 0.15) is 32.1 Å². The molecule has 1 saturated carbocycles. The first kappa shape index (κ1) is 15.9. The Hall–Kier alpha value is -2.02. The Labute approximate surface area is 138 Å². The fourth-order valence-corrected chi connectivity index (χ4v) is 3.21. The van der Waals surface area contributed by atoms with Gasteiger partial charge >= 0.3 is 0 Å². The molecule has 1 aromatic heterocycles. The van der Waals surface area contributed by atoms with Gasteiger partial charge in [-0.1, -0.05) is 31.0 Å². The number of aromatic nitrogens is 2. The summed E-state index contributed by atoms with van der Waals surface area (Å²) in [5.74, 6) is 0.835. The summed E-state index contributed by atoms with van der Waals surface area (Å²) in [7, 11) is 0. The van der Waals surface area contributed by atoms with Crippen molar-refractivity contribution in [3.8, 4) is 17.2 Å². The minimum absolute atomic E-state index is 0.00582. The Morgan fingerprint density at radius 2 is 1.96 bits per heavy atom. The van der Waals surface area contributed by atoms with Crippen molar-refractivity contribution in [2.45, 2.75) is 43.4 Å². The number of hydrogen-bond acceptors (Lipinski definition) is 6. The van der Waals surface area contributed by atoms with E-state index in [-0.39, 0.29) is 17.4 Å². The number of carbonyl (C=O) groups is 1. The number of nitrogens with zero attached hydrogens (tertiary/aromatic N) is 2. The number of amides is 1. The van der Waals surface area contributed by atoms with Gasteiger partial charge in [-0.05, 0) is 37.1 Å². The van der Waals surface area contributed by atoms with Crippen molar-refractivity contribution in [2.75, 3.05) is 5.75 Å². The van der Waals surface area contributed by atoms with E-state index in [4.69, 9.17) is 4.42 Å². The van der Waals surface area contributed by atoms with Gasteiger partial charge in [0.25, 0.3) is 5.22 Å². The molecule has 2 aromatic rings. The fourth-order valence-electron chi connectivity index (χ4n) is 2.63. The Morgan fingerprint density at radius 1 is 1.22 bits per heavy atom. The summed E-state index contributed by atoms with van der Waals surface area (Å²) < 4.78 is 5.53. The van der Waals surface area contributed by atoms with Crippen LogP contribution in [0.3, 0.4) is 0 Å². The van der Waals surface area contributed by atoms with Gasteiger partial charge in [0, 0.05) is 11.6 Å². The van der Waals surface area contributed by atoms with E-state index >= 15 is 0 Å². The average molecular weight is 333 g/mol. The maximum atomic E-state index is 11.9. The SMILES string of the molecule is O=C(CSc1nnc(-c2ccc(O)cc2)o1)NC1CCCCC1. The zero-order valence-electron chi connectivity index (χ0n) is 12.7.